The SMILES string of the molecule is C=C(CCN1CCN(c2cccc3nc(C)ccc23)CC1)c1ccc2c(c1)NC(=O)CO2. The van der Waals surface area contributed by atoms with Gasteiger partial charge in [0.1, 0.15) is 5.75 Å². The average molecular weight is 429 g/mol. The van der Waals surface area contributed by atoms with Crippen LogP contribution in [0.1, 0.15) is 17.7 Å². The van der Waals surface area contributed by atoms with Crippen LogP contribution >= 0.6 is 0 Å². The van der Waals surface area contributed by atoms with Gasteiger partial charge in [-0.25, -0.2) is 0 Å². The molecule has 3 aromatic rings. The van der Waals surface area contributed by atoms with Crippen LogP contribution in [0.5, 0.6) is 5.75 Å². The van der Waals surface area contributed by atoms with Crippen molar-refractivity contribution in [3.63, 3.8) is 0 Å². The van der Waals surface area contributed by atoms with E-state index in [-0.39, 0.29) is 12.5 Å². The highest BCUT2D eigenvalue weighted by Crippen LogP contribution is 2.31. The van der Waals surface area contributed by atoms with Crippen molar-refractivity contribution in [3.8, 4) is 5.75 Å². The number of amides is 1. The fraction of sp³-hybridized carbons (Fsp3) is 0.308. The molecule has 0 atom stereocenters. The topological polar surface area (TPSA) is 57.7 Å². The quantitative estimate of drug-likeness (QED) is 0.663. The first-order valence-corrected chi connectivity index (χ1v) is 11.2. The number of pyridine rings is 1. The largest absolute Gasteiger partial charge is 0.482 e. The van der Waals surface area contributed by atoms with Crippen molar-refractivity contribution < 1.29 is 9.53 Å². The van der Waals surface area contributed by atoms with Crippen LogP contribution in [0.3, 0.4) is 0 Å². The van der Waals surface area contributed by atoms with E-state index in [0.717, 1.165) is 72.9 Å². The maximum atomic E-state index is 11.6. The predicted molar refractivity (Wildman–Crippen MR) is 129 cm³/mol. The number of benzene rings is 2. The van der Waals surface area contributed by atoms with Gasteiger partial charge in [-0.15, -0.1) is 0 Å². The number of anilines is 2. The van der Waals surface area contributed by atoms with Crippen LogP contribution in [0.25, 0.3) is 16.5 Å². The summed E-state index contributed by atoms with van der Waals surface area (Å²) in [4.78, 5) is 21.2. The van der Waals surface area contributed by atoms with Crippen LogP contribution in [0.15, 0.2) is 55.1 Å². The number of rotatable bonds is 5. The van der Waals surface area contributed by atoms with Gasteiger partial charge in [0.15, 0.2) is 6.61 Å². The molecule has 0 spiro atoms. The number of hydrogen-bond donors (Lipinski definition) is 1. The normalized spacial score (nSPS) is 16.4. The Labute approximate surface area is 188 Å². The zero-order valence-corrected chi connectivity index (χ0v) is 18.4. The highest BCUT2D eigenvalue weighted by atomic mass is 16.5. The maximum Gasteiger partial charge on any atom is 0.262 e. The first-order valence-electron chi connectivity index (χ1n) is 11.2. The second kappa shape index (κ2) is 8.63. The minimum Gasteiger partial charge on any atom is -0.482 e. The Morgan fingerprint density at radius 1 is 1.12 bits per heavy atom. The molecule has 164 valence electrons. The molecule has 0 bridgehead atoms. The van der Waals surface area contributed by atoms with Crippen molar-refractivity contribution in [2.24, 2.45) is 0 Å². The molecule has 5 rings (SSSR count). The lowest BCUT2D eigenvalue weighted by atomic mass is 10.0. The van der Waals surface area contributed by atoms with Gasteiger partial charge < -0.3 is 15.0 Å². The Hall–Kier alpha value is -3.38. The number of piperazine rings is 1. The van der Waals surface area contributed by atoms with Gasteiger partial charge in [-0.1, -0.05) is 18.7 Å². The molecular weight excluding hydrogens is 400 g/mol. The first-order chi connectivity index (χ1) is 15.6. The van der Waals surface area contributed by atoms with Gasteiger partial charge in [-0.05, 0) is 60.9 Å². The van der Waals surface area contributed by atoms with Crippen molar-refractivity contribution in [2.45, 2.75) is 13.3 Å². The predicted octanol–water partition coefficient (Wildman–Crippen LogP) is 4.10. The zero-order chi connectivity index (χ0) is 22.1. The molecule has 6 heteroatoms. The summed E-state index contributed by atoms with van der Waals surface area (Å²) in [6.07, 6.45) is 0.894. The number of ether oxygens (including phenoxy) is 1. The van der Waals surface area contributed by atoms with Crippen LogP contribution in [0, 0.1) is 6.92 Å². The zero-order valence-electron chi connectivity index (χ0n) is 18.4. The molecule has 1 fully saturated rings. The van der Waals surface area contributed by atoms with Crippen molar-refractivity contribution in [1.29, 1.82) is 0 Å². The molecule has 1 amide bonds. The Kier molecular flexibility index (Phi) is 5.53. The fourth-order valence-electron chi connectivity index (χ4n) is 4.47. The molecule has 2 aromatic carbocycles. The van der Waals surface area contributed by atoms with E-state index in [2.05, 4.69) is 57.0 Å². The minimum atomic E-state index is -0.116. The summed E-state index contributed by atoms with van der Waals surface area (Å²) < 4.78 is 5.45. The monoisotopic (exact) mass is 428 g/mol. The number of nitrogens with one attached hydrogen (secondary N) is 1. The number of carbonyl (C=O) groups is 1. The van der Waals surface area contributed by atoms with E-state index in [0.29, 0.717) is 0 Å². The molecular formula is C26H28N4O2. The molecule has 0 aliphatic carbocycles. The standard InChI is InChI=1S/C26H28N4O2/c1-18(20-7-9-25-23(16-20)28-26(31)17-32-25)10-11-29-12-14-30(15-13-29)24-5-3-4-22-21(24)8-6-19(2)27-22/h3-9,16H,1,10-15,17H2,2H3,(H,28,31). The van der Waals surface area contributed by atoms with Crippen LogP contribution < -0.4 is 15.0 Å². The lowest BCUT2D eigenvalue weighted by Gasteiger charge is -2.36. The van der Waals surface area contributed by atoms with Crippen LogP contribution in [-0.4, -0.2) is 55.1 Å². The molecule has 0 radical (unpaired) electrons. The van der Waals surface area contributed by atoms with Crippen LogP contribution in [-0.2, 0) is 4.79 Å². The molecule has 0 unspecified atom stereocenters. The van der Waals surface area contributed by atoms with Crippen molar-refractivity contribution in [1.82, 2.24) is 9.88 Å². The van der Waals surface area contributed by atoms with Gasteiger partial charge in [0, 0.05) is 49.5 Å². The molecule has 0 saturated carbocycles. The van der Waals surface area contributed by atoms with Gasteiger partial charge in [0.2, 0.25) is 0 Å². The van der Waals surface area contributed by atoms with E-state index in [4.69, 9.17) is 4.74 Å². The van der Waals surface area contributed by atoms with E-state index in [1.54, 1.807) is 0 Å². The van der Waals surface area contributed by atoms with E-state index < -0.39 is 0 Å². The smallest absolute Gasteiger partial charge is 0.262 e. The third kappa shape index (κ3) is 4.18. The molecule has 3 heterocycles. The third-order valence-corrected chi connectivity index (χ3v) is 6.31. The molecule has 32 heavy (non-hydrogen) atoms. The van der Waals surface area contributed by atoms with Gasteiger partial charge in [0.25, 0.3) is 5.91 Å². The van der Waals surface area contributed by atoms with Gasteiger partial charge in [0.05, 0.1) is 11.2 Å². The van der Waals surface area contributed by atoms with E-state index in [1.807, 2.05) is 25.1 Å². The number of aromatic nitrogens is 1. The maximum absolute atomic E-state index is 11.6. The lowest BCUT2D eigenvalue weighted by Crippen LogP contribution is -2.46. The van der Waals surface area contributed by atoms with Crippen molar-refractivity contribution in [2.75, 3.05) is 49.5 Å². The Morgan fingerprint density at radius 2 is 1.97 bits per heavy atom. The van der Waals surface area contributed by atoms with Gasteiger partial charge in [-0.2, -0.15) is 0 Å². The molecule has 1 aromatic heterocycles. The number of hydrogen-bond acceptors (Lipinski definition) is 5. The second-order valence-electron chi connectivity index (χ2n) is 8.53. The molecule has 1 saturated heterocycles. The molecule has 2 aliphatic rings. The summed E-state index contributed by atoms with van der Waals surface area (Å²) in [5, 5.41) is 4.10. The van der Waals surface area contributed by atoms with E-state index >= 15 is 0 Å². The second-order valence-corrected chi connectivity index (χ2v) is 8.53. The summed E-state index contributed by atoms with van der Waals surface area (Å²) in [6.45, 7) is 11.4. The summed E-state index contributed by atoms with van der Waals surface area (Å²) in [6, 6.07) is 16.6. The van der Waals surface area contributed by atoms with E-state index in [9.17, 15) is 4.79 Å². The Balaban J connectivity index is 1.18. The third-order valence-electron chi connectivity index (χ3n) is 6.31. The number of carbonyl (C=O) groups excluding carboxylic acids is 1. The fourth-order valence-corrected chi connectivity index (χ4v) is 4.47. The summed E-state index contributed by atoms with van der Waals surface area (Å²) in [5.74, 6) is 0.603. The van der Waals surface area contributed by atoms with Crippen molar-refractivity contribution in [3.05, 3.63) is 66.4 Å². The lowest BCUT2D eigenvalue weighted by molar-refractivity contribution is -0.118. The Bertz CT molecular complexity index is 1180. The molecule has 2 aliphatic heterocycles. The minimum absolute atomic E-state index is 0.0776. The average Bonchev–Trinajstić information content (AvgIpc) is 2.81. The van der Waals surface area contributed by atoms with Gasteiger partial charge >= 0.3 is 0 Å². The van der Waals surface area contributed by atoms with Crippen LogP contribution in [0.2, 0.25) is 0 Å². The summed E-state index contributed by atoms with van der Waals surface area (Å²) >= 11 is 0. The highest BCUT2D eigenvalue weighted by molar-refractivity contribution is 5.96. The molecule has 1 N–H and O–H groups in total. The van der Waals surface area contributed by atoms with Gasteiger partial charge in [-0.3, -0.25) is 14.7 Å². The number of fused-ring (bicyclic) bond motifs is 2. The number of aryl methyl sites for hydroxylation is 1. The summed E-state index contributed by atoms with van der Waals surface area (Å²) in [7, 11) is 0. The van der Waals surface area contributed by atoms with Crippen molar-refractivity contribution >= 4 is 33.8 Å². The highest BCUT2D eigenvalue weighted by Gasteiger charge is 2.20. The Morgan fingerprint density at radius 3 is 2.81 bits per heavy atom. The van der Waals surface area contributed by atoms with E-state index in [1.165, 1.54) is 11.1 Å². The first kappa shape index (κ1) is 20.5. The summed E-state index contributed by atoms with van der Waals surface area (Å²) in [5.41, 5.74) is 6.24. The molecule has 6 nitrogen and oxygen atoms in total. The number of nitrogens with zero attached hydrogens (tertiary/aromatic N) is 3. The van der Waals surface area contributed by atoms with Crippen LogP contribution in [0.4, 0.5) is 11.4 Å².